The third-order valence-corrected chi connectivity index (χ3v) is 6.93. The summed E-state index contributed by atoms with van der Waals surface area (Å²) >= 11 is 0. The van der Waals surface area contributed by atoms with Crippen LogP contribution in [0, 0.1) is 16.7 Å². The van der Waals surface area contributed by atoms with Gasteiger partial charge in [-0.15, -0.1) is 0 Å². The molecule has 2 aliphatic rings. The molecule has 30 heavy (non-hydrogen) atoms. The number of benzene rings is 2. The number of amides is 3. The third-order valence-electron chi connectivity index (χ3n) is 6.93. The molecule has 1 aliphatic carbocycles. The van der Waals surface area contributed by atoms with Gasteiger partial charge in [-0.1, -0.05) is 39.0 Å². The molecule has 2 aromatic rings. The molecule has 2 aromatic carbocycles. The Morgan fingerprint density at radius 1 is 1.03 bits per heavy atom. The maximum absolute atomic E-state index is 13.0. The van der Waals surface area contributed by atoms with Crippen LogP contribution in [0.1, 0.15) is 33.6 Å². The predicted molar refractivity (Wildman–Crippen MR) is 113 cm³/mol. The van der Waals surface area contributed by atoms with Crippen molar-refractivity contribution in [2.75, 3.05) is 11.9 Å². The van der Waals surface area contributed by atoms with Crippen LogP contribution in [-0.2, 0) is 14.4 Å². The molecule has 0 spiro atoms. The lowest BCUT2D eigenvalue weighted by molar-refractivity contribution is -0.168. The number of carbonyl (C=O) groups excluding carboxylic acids is 3. The minimum absolute atomic E-state index is 0.220. The summed E-state index contributed by atoms with van der Waals surface area (Å²) in [7, 11) is 0. The summed E-state index contributed by atoms with van der Waals surface area (Å²) < 4.78 is 5.74. The molecule has 156 valence electrons. The van der Waals surface area contributed by atoms with E-state index in [9.17, 15) is 14.4 Å². The highest BCUT2D eigenvalue weighted by Crippen LogP contribution is 2.59. The van der Waals surface area contributed by atoms with Crippen molar-refractivity contribution in [3.8, 4) is 11.5 Å². The standard InChI is InChI=1S/C24H26N2O4/c1-23(2)19-13-14-24(23,3)22(29)26(21(19)28)15-20(27)25-16-9-11-18(12-10-16)30-17-7-5-4-6-8-17/h4-12,19H,13-15H2,1-3H3,(H,25,27)/t19-,24+/m0/s1. The molecule has 3 amide bonds. The van der Waals surface area contributed by atoms with E-state index >= 15 is 0 Å². The molecule has 0 unspecified atom stereocenters. The predicted octanol–water partition coefficient (Wildman–Crippen LogP) is 4.23. The van der Waals surface area contributed by atoms with Crippen LogP contribution in [0.5, 0.6) is 11.5 Å². The zero-order valence-corrected chi connectivity index (χ0v) is 17.5. The molecule has 6 heteroatoms. The summed E-state index contributed by atoms with van der Waals surface area (Å²) in [6.45, 7) is 5.62. The third kappa shape index (κ3) is 3.26. The van der Waals surface area contributed by atoms with Gasteiger partial charge in [0.05, 0.1) is 5.41 Å². The Balaban J connectivity index is 1.40. The number of nitrogens with one attached hydrogen (secondary N) is 1. The molecule has 0 radical (unpaired) electrons. The van der Waals surface area contributed by atoms with E-state index in [0.717, 1.165) is 10.6 Å². The second kappa shape index (κ2) is 7.27. The number of anilines is 1. The van der Waals surface area contributed by atoms with Crippen LogP contribution < -0.4 is 10.1 Å². The van der Waals surface area contributed by atoms with Gasteiger partial charge in [0.2, 0.25) is 17.7 Å². The van der Waals surface area contributed by atoms with Crippen LogP contribution in [0.4, 0.5) is 5.69 Å². The molecule has 1 N–H and O–H groups in total. The van der Waals surface area contributed by atoms with Crippen molar-refractivity contribution in [3.63, 3.8) is 0 Å². The fourth-order valence-corrected chi connectivity index (χ4v) is 4.63. The Bertz CT molecular complexity index is 984. The van der Waals surface area contributed by atoms with Gasteiger partial charge >= 0.3 is 0 Å². The van der Waals surface area contributed by atoms with Gasteiger partial charge in [0.25, 0.3) is 0 Å². The molecule has 4 rings (SSSR count). The Labute approximate surface area is 176 Å². The summed E-state index contributed by atoms with van der Waals surface area (Å²) in [4.78, 5) is 39.6. The number of imide groups is 1. The number of nitrogens with zero attached hydrogens (tertiary/aromatic N) is 1. The average molecular weight is 406 g/mol. The van der Waals surface area contributed by atoms with Crippen LogP contribution in [0.2, 0.25) is 0 Å². The first-order valence-corrected chi connectivity index (χ1v) is 10.2. The highest BCUT2D eigenvalue weighted by atomic mass is 16.5. The van der Waals surface area contributed by atoms with Gasteiger partial charge in [0.15, 0.2) is 0 Å². The molecule has 0 aromatic heterocycles. The van der Waals surface area contributed by atoms with Gasteiger partial charge < -0.3 is 10.1 Å². The van der Waals surface area contributed by atoms with E-state index in [1.165, 1.54) is 0 Å². The summed E-state index contributed by atoms with van der Waals surface area (Å²) in [5.74, 6) is 0.281. The van der Waals surface area contributed by atoms with E-state index in [1.807, 2.05) is 51.1 Å². The molecule has 6 nitrogen and oxygen atoms in total. The minimum Gasteiger partial charge on any atom is -0.457 e. The quantitative estimate of drug-likeness (QED) is 0.754. The summed E-state index contributed by atoms with van der Waals surface area (Å²) in [5, 5.41) is 2.76. The number of ether oxygens (including phenoxy) is 1. The highest BCUT2D eigenvalue weighted by Gasteiger charge is 2.64. The number of para-hydroxylation sites is 1. The number of rotatable bonds is 5. The molecule has 1 heterocycles. The second-order valence-electron chi connectivity index (χ2n) is 8.86. The number of likely N-dealkylation sites (tertiary alicyclic amines) is 1. The lowest BCUT2D eigenvalue weighted by Gasteiger charge is -2.47. The molecule has 2 atom stereocenters. The Morgan fingerprint density at radius 2 is 1.67 bits per heavy atom. The van der Waals surface area contributed by atoms with E-state index in [4.69, 9.17) is 4.74 Å². The number of carbonyl (C=O) groups is 3. The zero-order chi connectivity index (χ0) is 21.5. The highest BCUT2D eigenvalue weighted by molar-refractivity contribution is 6.07. The monoisotopic (exact) mass is 406 g/mol. The maximum Gasteiger partial charge on any atom is 0.244 e. The van der Waals surface area contributed by atoms with Crippen molar-refractivity contribution in [2.24, 2.45) is 16.7 Å². The Morgan fingerprint density at radius 3 is 2.33 bits per heavy atom. The number of piperidine rings is 1. The van der Waals surface area contributed by atoms with Gasteiger partial charge in [-0.05, 0) is 54.7 Å². The van der Waals surface area contributed by atoms with Crippen LogP contribution in [0.15, 0.2) is 54.6 Å². The van der Waals surface area contributed by atoms with Gasteiger partial charge in [-0.3, -0.25) is 19.3 Å². The van der Waals surface area contributed by atoms with Gasteiger partial charge in [-0.25, -0.2) is 0 Å². The first kappa shape index (κ1) is 20.1. The first-order valence-electron chi connectivity index (χ1n) is 10.2. The van der Waals surface area contributed by atoms with Crippen LogP contribution in [0.25, 0.3) is 0 Å². The maximum atomic E-state index is 13.0. The van der Waals surface area contributed by atoms with E-state index in [1.54, 1.807) is 24.3 Å². The topological polar surface area (TPSA) is 75.7 Å². The molecular weight excluding hydrogens is 380 g/mol. The average Bonchev–Trinajstić information content (AvgIpc) is 2.91. The second-order valence-corrected chi connectivity index (χ2v) is 8.86. The minimum atomic E-state index is -0.609. The molecule has 1 saturated carbocycles. The molecule has 2 fully saturated rings. The van der Waals surface area contributed by atoms with Crippen molar-refractivity contribution in [1.82, 2.24) is 4.90 Å². The summed E-state index contributed by atoms with van der Waals surface area (Å²) in [6.07, 6.45) is 1.37. The lowest BCUT2D eigenvalue weighted by Crippen LogP contribution is -2.60. The van der Waals surface area contributed by atoms with E-state index in [2.05, 4.69) is 5.32 Å². The van der Waals surface area contributed by atoms with Gasteiger partial charge in [0.1, 0.15) is 18.0 Å². The fraction of sp³-hybridized carbons (Fsp3) is 0.375. The van der Waals surface area contributed by atoms with E-state index in [0.29, 0.717) is 24.3 Å². The Hall–Kier alpha value is -3.15. The largest absolute Gasteiger partial charge is 0.457 e. The first-order chi connectivity index (χ1) is 14.2. The lowest BCUT2D eigenvalue weighted by atomic mass is 9.62. The molecule has 1 aliphatic heterocycles. The number of hydrogen-bond donors (Lipinski definition) is 1. The van der Waals surface area contributed by atoms with E-state index in [-0.39, 0.29) is 29.7 Å². The zero-order valence-electron chi connectivity index (χ0n) is 17.5. The van der Waals surface area contributed by atoms with E-state index < -0.39 is 11.3 Å². The van der Waals surface area contributed by atoms with Crippen LogP contribution >= 0.6 is 0 Å². The summed E-state index contributed by atoms with van der Waals surface area (Å²) in [6, 6.07) is 16.4. The van der Waals surface area contributed by atoms with Crippen molar-refractivity contribution in [3.05, 3.63) is 54.6 Å². The molecular formula is C24H26N2O4. The fourth-order valence-electron chi connectivity index (χ4n) is 4.63. The SMILES string of the molecule is CC1(C)[C@H]2CC[C@]1(C)C(=O)N(CC(=O)Nc1ccc(Oc3ccccc3)cc1)C2=O. The van der Waals surface area contributed by atoms with Crippen molar-refractivity contribution in [1.29, 1.82) is 0 Å². The van der Waals surface area contributed by atoms with Gasteiger partial charge in [0, 0.05) is 11.6 Å². The van der Waals surface area contributed by atoms with Gasteiger partial charge in [-0.2, -0.15) is 0 Å². The normalized spacial score (nSPS) is 24.6. The molecule has 2 bridgehead atoms. The number of hydrogen-bond acceptors (Lipinski definition) is 4. The van der Waals surface area contributed by atoms with Crippen molar-refractivity contribution in [2.45, 2.75) is 33.6 Å². The Kier molecular flexibility index (Phi) is 4.88. The van der Waals surface area contributed by atoms with Crippen molar-refractivity contribution >= 4 is 23.4 Å². The van der Waals surface area contributed by atoms with Crippen LogP contribution in [0.3, 0.4) is 0 Å². The molecule has 1 saturated heterocycles. The van der Waals surface area contributed by atoms with Crippen molar-refractivity contribution < 1.29 is 19.1 Å². The smallest absolute Gasteiger partial charge is 0.244 e. The van der Waals surface area contributed by atoms with Crippen LogP contribution in [-0.4, -0.2) is 29.2 Å². The number of fused-ring (bicyclic) bond motifs is 2. The summed E-state index contributed by atoms with van der Waals surface area (Å²) in [5.41, 5.74) is -0.419.